The third-order valence-corrected chi connectivity index (χ3v) is 3.50. The molecule has 1 nitrogen and oxygen atoms in total. The number of hydrogen-bond donors (Lipinski definition) is 0. The van der Waals surface area contributed by atoms with E-state index in [-0.39, 0.29) is 0 Å². The molecule has 0 bridgehead atoms. The van der Waals surface area contributed by atoms with Crippen molar-refractivity contribution in [2.75, 3.05) is 0 Å². The van der Waals surface area contributed by atoms with E-state index in [9.17, 15) is 4.79 Å². The summed E-state index contributed by atoms with van der Waals surface area (Å²) in [4.78, 5) is 13.8. The van der Waals surface area contributed by atoms with Gasteiger partial charge >= 0.3 is 0 Å². The van der Waals surface area contributed by atoms with Crippen LogP contribution in [0.4, 0.5) is 0 Å². The summed E-state index contributed by atoms with van der Waals surface area (Å²) in [6.07, 6.45) is 2.87. The Bertz CT molecular complexity index is 301. The molecule has 78 valence electrons. The summed E-state index contributed by atoms with van der Waals surface area (Å²) in [5.41, 5.74) is 0. The van der Waals surface area contributed by atoms with Crippen LogP contribution >= 0.6 is 11.3 Å². The Morgan fingerprint density at radius 1 is 1.43 bits per heavy atom. The van der Waals surface area contributed by atoms with Crippen molar-refractivity contribution in [3.63, 3.8) is 0 Å². The van der Waals surface area contributed by atoms with Crippen LogP contribution in [0.1, 0.15) is 36.9 Å². The highest BCUT2D eigenvalue weighted by molar-refractivity contribution is 7.11. The standard InChI is InChI=1S/C12H18OS/c1-4-11-5-6-12(14-11)8-9(2)7-10(3)13/h5-6,9H,4,7-8H2,1-3H3. The first-order valence-corrected chi connectivity index (χ1v) is 6.00. The van der Waals surface area contributed by atoms with Crippen LogP contribution in [0.2, 0.25) is 0 Å². The summed E-state index contributed by atoms with van der Waals surface area (Å²) >= 11 is 1.88. The van der Waals surface area contributed by atoms with Crippen LogP contribution in [0.25, 0.3) is 0 Å². The van der Waals surface area contributed by atoms with Gasteiger partial charge < -0.3 is 4.79 Å². The predicted octanol–water partition coefficient (Wildman–Crippen LogP) is 3.47. The monoisotopic (exact) mass is 210 g/mol. The van der Waals surface area contributed by atoms with Gasteiger partial charge in [0.15, 0.2) is 0 Å². The van der Waals surface area contributed by atoms with E-state index in [2.05, 4.69) is 26.0 Å². The second-order valence-electron chi connectivity index (χ2n) is 3.94. The Hall–Kier alpha value is -0.630. The Labute approximate surface area is 90.2 Å². The van der Waals surface area contributed by atoms with Gasteiger partial charge in [-0.1, -0.05) is 13.8 Å². The van der Waals surface area contributed by atoms with Gasteiger partial charge in [0.1, 0.15) is 5.78 Å². The number of hydrogen-bond acceptors (Lipinski definition) is 2. The molecule has 0 saturated heterocycles. The molecule has 0 aliphatic heterocycles. The van der Waals surface area contributed by atoms with Gasteiger partial charge in [0.25, 0.3) is 0 Å². The van der Waals surface area contributed by atoms with Crippen LogP contribution in [0, 0.1) is 5.92 Å². The maximum atomic E-state index is 10.9. The molecule has 1 aromatic heterocycles. The molecule has 0 radical (unpaired) electrons. The Balaban J connectivity index is 2.47. The van der Waals surface area contributed by atoms with Crippen molar-refractivity contribution >= 4 is 17.1 Å². The average Bonchev–Trinajstić information content (AvgIpc) is 2.50. The van der Waals surface area contributed by atoms with Gasteiger partial charge in [0.2, 0.25) is 0 Å². The van der Waals surface area contributed by atoms with Gasteiger partial charge in [-0.15, -0.1) is 11.3 Å². The minimum Gasteiger partial charge on any atom is -0.300 e. The van der Waals surface area contributed by atoms with E-state index in [0.717, 1.165) is 12.8 Å². The first-order valence-electron chi connectivity index (χ1n) is 5.18. The highest BCUT2D eigenvalue weighted by atomic mass is 32.1. The second kappa shape index (κ2) is 5.30. The van der Waals surface area contributed by atoms with Crippen LogP contribution in [0.3, 0.4) is 0 Å². The molecule has 0 aliphatic rings. The van der Waals surface area contributed by atoms with Crippen molar-refractivity contribution < 1.29 is 4.79 Å². The lowest BCUT2D eigenvalue weighted by molar-refractivity contribution is -0.117. The van der Waals surface area contributed by atoms with Crippen molar-refractivity contribution in [2.45, 2.75) is 40.0 Å². The third-order valence-electron chi connectivity index (χ3n) is 2.25. The van der Waals surface area contributed by atoms with Crippen molar-refractivity contribution in [3.05, 3.63) is 21.9 Å². The topological polar surface area (TPSA) is 17.1 Å². The molecule has 0 aromatic carbocycles. The molecule has 1 atom stereocenters. The fourth-order valence-corrected chi connectivity index (χ4v) is 2.75. The Morgan fingerprint density at radius 2 is 2.07 bits per heavy atom. The van der Waals surface area contributed by atoms with E-state index in [0.29, 0.717) is 18.1 Å². The fourth-order valence-electron chi connectivity index (χ4n) is 1.63. The summed E-state index contributed by atoms with van der Waals surface area (Å²) in [6.45, 7) is 5.99. The molecule has 2 heteroatoms. The molecule has 0 N–H and O–H groups in total. The Kier molecular flexibility index (Phi) is 4.33. The highest BCUT2D eigenvalue weighted by Gasteiger charge is 2.07. The van der Waals surface area contributed by atoms with Crippen LogP contribution in [-0.2, 0) is 17.6 Å². The van der Waals surface area contributed by atoms with E-state index in [4.69, 9.17) is 0 Å². The van der Waals surface area contributed by atoms with Gasteiger partial charge in [-0.2, -0.15) is 0 Å². The first-order chi connectivity index (χ1) is 6.61. The number of Topliss-reactive ketones (excluding diaryl/α,β-unsaturated/α-hetero) is 1. The number of aryl methyl sites for hydroxylation is 1. The molecule has 0 amide bonds. The van der Waals surface area contributed by atoms with Crippen LogP contribution in [0.15, 0.2) is 12.1 Å². The molecule has 14 heavy (non-hydrogen) atoms. The Morgan fingerprint density at radius 3 is 2.57 bits per heavy atom. The zero-order chi connectivity index (χ0) is 10.6. The number of rotatable bonds is 5. The van der Waals surface area contributed by atoms with Crippen molar-refractivity contribution in [3.8, 4) is 0 Å². The average molecular weight is 210 g/mol. The molecule has 1 rings (SSSR count). The molecule has 0 fully saturated rings. The first kappa shape index (κ1) is 11.4. The quantitative estimate of drug-likeness (QED) is 0.727. The van der Waals surface area contributed by atoms with Gasteiger partial charge in [0, 0.05) is 16.2 Å². The summed E-state index contributed by atoms with van der Waals surface area (Å²) in [7, 11) is 0. The number of thiophene rings is 1. The lowest BCUT2D eigenvalue weighted by Crippen LogP contribution is -2.03. The van der Waals surface area contributed by atoms with Crippen LogP contribution in [-0.4, -0.2) is 5.78 Å². The number of ketones is 1. The number of carbonyl (C=O) groups is 1. The smallest absolute Gasteiger partial charge is 0.130 e. The molecular weight excluding hydrogens is 192 g/mol. The van der Waals surface area contributed by atoms with Crippen LogP contribution in [0.5, 0.6) is 0 Å². The summed E-state index contributed by atoms with van der Waals surface area (Å²) in [6, 6.07) is 4.39. The number of carbonyl (C=O) groups excluding carboxylic acids is 1. The summed E-state index contributed by atoms with van der Waals surface area (Å²) in [5, 5.41) is 0. The molecule has 0 spiro atoms. The molecule has 1 unspecified atom stereocenters. The highest BCUT2D eigenvalue weighted by Crippen LogP contribution is 2.21. The molecule has 0 aliphatic carbocycles. The molecule has 1 aromatic rings. The summed E-state index contributed by atoms with van der Waals surface area (Å²) in [5.74, 6) is 0.778. The van der Waals surface area contributed by atoms with E-state index >= 15 is 0 Å². The van der Waals surface area contributed by atoms with Gasteiger partial charge in [-0.05, 0) is 37.8 Å². The lowest BCUT2D eigenvalue weighted by atomic mass is 10.0. The van der Waals surface area contributed by atoms with Gasteiger partial charge in [-0.3, -0.25) is 0 Å². The van der Waals surface area contributed by atoms with Crippen molar-refractivity contribution in [1.82, 2.24) is 0 Å². The zero-order valence-corrected chi connectivity index (χ0v) is 9.99. The van der Waals surface area contributed by atoms with E-state index in [1.165, 1.54) is 9.75 Å². The molecule has 0 saturated carbocycles. The summed E-state index contributed by atoms with van der Waals surface area (Å²) < 4.78 is 0. The lowest BCUT2D eigenvalue weighted by Gasteiger charge is -2.06. The van der Waals surface area contributed by atoms with Crippen molar-refractivity contribution in [2.24, 2.45) is 5.92 Å². The van der Waals surface area contributed by atoms with E-state index in [1.807, 2.05) is 11.3 Å². The maximum Gasteiger partial charge on any atom is 0.130 e. The fraction of sp³-hybridized carbons (Fsp3) is 0.583. The second-order valence-corrected chi connectivity index (χ2v) is 5.19. The maximum absolute atomic E-state index is 10.9. The largest absolute Gasteiger partial charge is 0.300 e. The minimum atomic E-state index is 0.296. The minimum absolute atomic E-state index is 0.296. The van der Waals surface area contributed by atoms with Gasteiger partial charge in [0.05, 0.1) is 0 Å². The predicted molar refractivity (Wildman–Crippen MR) is 61.9 cm³/mol. The molecule has 1 heterocycles. The van der Waals surface area contributed by atoms with E-state index in [1.54, 1.807) is 6.92 Å². The molecular formula is C12H18OS. The van der Waals surface area contributed by atoms with Crippen molar-refractivity contribution in [1.29, 1.82) is 0 Å². The SMILES string of the molecule is CCc1ccc(CC(C)CC(C)=O)s1. The third kappa shape index (κ3) is 3.62. The van der Waals surface area contributed by atoms with Crippen LogP contribution < -0.4 is 0 Å². The van der Waals surface area contributed by atoms with E-state index < -0.39 is 0 Å². The zero-order valence-electron chi connectivity index (χ0n) is 9.17. The normalized spacial score (nSPS) is 12.8. The van der Waals surface area contributed by atoms with Gasteiger partial charge in [-0.25, -0.2) is 0 Å².